The van der Waals surface area contributed by atoms with Crippen molar-refractivity contribution in [3.63, 3.8) is 0 Å². The van der Waals surface area contributed by atoms with Gasteiger partial charge >= 0.3 is 0 Å². The van der Waals surface area contributed by atoms with E-state index in [1.165, 1.54) is 0 Å². The second kappa shape index (κ2) is 7.13. The average Bonchev–Trinajstić information content (AvgIpc) is 2.07. The van der Waals surface area contributed by atoms with Crippen LogP contribution in [0.25, 0.3) is 0 Å². The summed E-state index contributed by atoms with van der Waals surface area (Å²) in [5, 5.41) is 3.01. The Bertz CT molecular complexity index is 191. The molecule has 1 aromatic rings. The molecule has 0 spiro atoms. The summed E-state index contributed by atoms with van der Waals surface area (Å²) in [6, 6.07) is 9.82. The minimum absolute atomic E-state index is 0. The summed E-state index contributed by atoms with van der Waals surface area (Å²) in [4.78, 5) is 0. The highest BCUT2D eigenvalue weighted by molar-refractivity contribution is 8.93. The molecule has 0 saturated heterocycles. The highest BCUT2D eigenvalue weighted by atomic mass is 79.9. The highest BCUT2D eigenvalue weighted by Crippen LogP contribution is 2.06. The van der Waals surface area contributed by atoms with E-state index in [0.717, 1.165) is 18.9 Å². The number of nitrogens with one attached hydrogen (secondary N) is 1. The number of hydrogen-bond donors (Lipinski definition) is 1. The van der Waals surface area contributed by atoms with Gasteiger partial charge in [0.1, 0.15) is 12.4 Å². The minimum Gasteiger partial charge on any atom is -0.492 e. The molecule has 0 saturated carbocycles. The van der Waals surface area contributed by atoms with Crippen molar-refractivity contribution in [1.29, 1.82) is 0 Å². The Balaban J connectivity index is 0.00000121. The Labute approximate surface area is 83.7 Å². The van der Waals surface area contributed by atoms with Crippen molar-refractivity contribution in [2.75, 3.05) is 20.2 Å². The van der Waals surface area contributed by atoms with Crippen molar-refractivity contribution in [2.24, 2.45) is 0 Å². The molecule has 0 atom stereocenters. The predicted octanol–water partition coefficient (Wildman–Crippen LogP) is 1.86. The SMILES string of the molecule is Br.CNCCOc1ccccc1. The van der Waals surface area contributed by atoms with Crippen molar-refractivity contribution in [3.8, 4) is 5.75 Å². The fourth-order valence-electron chi connectivity index (χ4n) is 0.788. The Hall–Kier alpha value is -0.540. The smallest absolute Gasteiger partial charge is 0.119 e. The molecule has 0 fully saturated rings. The van der Waals surface area contributed by atoms with Crippen LogP contribution in [-0.2, 0) is 0 Å². The number of halogens is 1. The lowest BCUT2D eigenvalue weighted by atomic mass is 10.3. The number of benzene rings is 1. The van der Waals surface area contributed by atoms with Crippen molar-refractivity contribution in [1.82, 2.24) is 5.32 Å². The van der Waals surface area contributed by atoms with E-state index in [0.29, 0.717) is 0 Å². The van der Waals surface area contributed by atoms with Crippen LogP contribution in [-0.4, -0.2) is 20.2 Å². The van der Waals surface area contributed by atoms with Crippen LogP contribution in [0.3, 0.4) is 0 Å². The van der Waals surface area contributed by atoms with Crippen LogP contribution in [0.4, 0.5) is 0 Å². The van der Waals surface area contributed by atoms with Crippen LogP contribution in [0.1, 0.15) is 0 Å². The maximum absolute atomic E-state index is 5.38. The summed E-state index contributed by atoms with van der Waals surface area (Å²) in [5.74, 6) is 0.933. The zero-order valence-corrected chi connectivity index (χ0v) is 8.83. The molecule has 0 aromatic heterocycles. The van der Waals surface area contributed by atoms with E-state index in [1.54, 1.807) is 0 Å². The van der Waals surface area contributed by atoms with Gasteiger partial charge in [0.15, 0.2) is 0 Å². The van der Waals surface area contributed by atoms with Gasteiger partial charge < -0.3 is 10.1 Å². The lowest BCUT2D eigenvalue weighted by Crippen LogP contribution is -2.15. The van der Waals surface area contributed by atoms with Gasteiger partial charge in [-0.1, -0.05) is 18.2 Å². The monoisotopic (exact) mass is 231 g/mol. The van der Waals surface area contributed by atoms with E-state index in [4.69, 9.17) is 4.74 Å². The van der Waals surface area contributed by atoms with Crippen molar-refractivity contribution < 1.29 is 4.74 Å². The van der Waals surface area contributed by atoms with Gasteiger partial charge in [0.05, 0.1) is 0 Å². The van der Waals surface area contributed by atoms with Gasteiger partial charge in [-0.2, -0.15) is 0 Å². The van der Waals surface area contributed by atoms with E-state index in [-0.39, 0.29) is 17.0 Å². The fraction of sp³-hybridized carbons (Fsp3) is 0.333. The maximum Gasteiger partial charge on any atom is 0.119 e. The van der Waals surface area contributed by atoms with Gasteiger partial charge in [-0.25, -0.2) is 0 Å². The molecule has 3 heteroatoms. The quantitative estimate of drug-likeness (QED) is 0.800. The summed E-state index contributed by atoms with van der Waals surface area (Å²) in [5.41, 5.74) is 0. The van der Waals surface area contributed by atoms with Gasteiger partial charge in [0, 0.05) is 6.54 Å². The number of hydrogen-bond acceptors (Lipinski definition) is 2. The van der Waals surface area contributed by atoms with Gasteiger partial charge in [-0.05, 0) is 19.2 Å². The molecule has 0 amide bonds. The second-order valence-corrected chi connectivity index (χ2v) is 2.27. The van der Waals surface area contributed by atoms with Crippen LogP contribution in [0.15, 0.2) is 30.3 Å². The molecule has 0 radical (unpaired) electrons. The minimum atomic E-state index is 0. The summed E-state index contributed by atoms with van der Waals surface area (Å²) in [6.07, 6.45) is 0. The molecule has 0 aliphatic rings. The molecule has 1 aromatic carbocycles. The lowest BCUT2D eigenvalue weighted by molar-refractivity contribution is 0.318. The molecule has 0 aliphatic carbocycles. The first kappa shape index (κ1) is 11.5. The largest absolute Gasteiger partial charge is 0.492 e. The molecule has 1 rings (SSSR count). The van der Waals surface area contributed by atoms with E-state index in [1.807, 2.05) is 37.4 Å². The third-order valence-corrected chi connectivity index (χ3v) is 1.36. The van der Waals surface area contributed by atoms with Crippen molar-refractivity contribution in [3.05, 3.63) is 30.3 Å². The average molecular weight is 232 g/mol. The van der Waals surface area contributed by atoms with E-state index >= 15 is 0 Å². The summed E-state index contributed by atoms with van der Waals surface area (Å²) in [6.45, 7) is 1.61. The zero-order chi connectivity index (χ0) is 7.94. The van der Waals surface area contributed by atoms with Gasteiger partial charge in [-0.3, -0.25) is 0 Å². The van der Waals surface area contributed by atoms with Crippen LogP contribution >= 0.6 is 17.0 Å². The van der Waals surface area contributed by atoms with E-state index in [9.17, 15) is 0 Å². The molecular weight excluding hydrogens is 218 g/mol. The molecule has 0 heterocycles. The first-order valence-electron chi connectivity index (χ1n) is 3.76. The molecule has 0 unspecified atom stereocenters. The standard InChI is InChI=1S/C9H13NO.BrH/c1-10-7-8-11-9-5-3-2-4-6-9;/h2-6,10H,7-8H2,1H3;1H. The fourth-order valence-corrected chi connectivity index (χ4v) is 0.788. The molecule has 0 bridgehead atoms. The number of likely N-dealkylation sites (N-methyl/N-ethyl adjacent to an activating group) is 1. The van der Waals surface area contributed by atoms with Gasteiger partial charge in [-0.15, -0.1) is 17.0 Å². The van der Waals surface area contributed by atoms with Gasteiger partial charge in [0.2, 0.25) is 0 Å². The normalized spacial score (nSPS) is 8.75. The third-order valence-electron chi connectivity index (χ3n) is 1.36. The Morgan fingerprint density at radius 1 is 1.25 bits per heavy atom. The third kappa shape index (κ3) is 4.36. The molecular formula is C9H14BrNO. The van der Waals surface area contributed by atoms with Gasteiger partial charge in [0.25, 0.3) is 0 Å². The molecule has 1 N–H and O–H groups in total. The van der Waals surface area contributed by atoms with Crippen LogP contribution in [0.2, 0.25) is 0 Å². The maximum atomic E-state index is 5.38. The summed E-state index contributed by atoms with van der Waals surface area (Å²) < 4.78 is 5.38. The van der Waals surface area contributed by atoms with Crippen LogP contribution in [0.5, 0.6) is 5.75 Å². The molecule has 0 aliphatic heterocycles. The van der Waals surface area contributed by atoms with E-state index in [2.05, 4.69) is 5.32 Å². The first-order chi connectivity index (χ1) is 5.43. The number of ether oxygens (including phenoxy) is 1. The number of rotatable bonds is 4. The second-order valence-electron chi connectivity index (χ2n) is 2.27. The topological polar surface area (TPSA) is 21.3 Å². The highest BCUT2D eigenvalue weighted by Gasteiger charge is 1.87. The van der Waals surface area contributed by atoms with E-state index < -0.39 is 0 Å². The Morgan fingerprint density at radius 3 is 2.50 bits per heavy atom. The van der Waals surface area contributed by atoms with Crippen LogP contribution < -0.4 is 10.1 Å². The Morgan fingerprint density at radius 2 is 1.92 bits per heavy atom. The summed E-state index contributed by atoms with van der Waals surface area (Å²) in [7, 11) is 1.91. The first-order valence-corrected chi connectivity index (χ1v) is 3.76. The summed E-state index contributed by atoms with van der Waals surface area (Å²) >= 11 is 0. The molecule has 68 valence electrons. The predicted molar refractivity (Wildman–Crippen MR) is 56.2 cm³/mol. The number of para-hydroxylation sites is 1. The van der Waals surface area contributed by atoms with Crippen molar-refractivity contribution >= 4 is 17.0 Å². The molecule has 12 heavy (non-hydrogen) atoms. The Kier molecular flexibility index (Phi) is 6.81. The zero-order valence-electron chi connectivity index (χ0n) is 7.12. The molecule has 2 nitrogen and oxygen atoms in total. The van der Waals surface area contributed by atoms with Crippen molar-refractivity contribution in [2.45, 2.75) is 0 Å². The lowest BCUT2D eigenvalue weighted by Gasteiger charge is -2.03. The van der Waals surface area contributed by atoms with Crippen LogP contribution in [0, 0.1) is 0 Å².